The van der Waals surface area contributed by atoms with Crippen LogP contribution >= 0.6 is 0 Å². The summed E-state index contributed by atoms with van der Waals surface area (Å²) in [6, 6.07) is 18.2. The summed E-state index contributed by atoms with van der Waals surface area (Å²) in [6.45, 7) is 2.19. The van der Waals surface area contributed by atoms with Crippen molar-refractivity contribution in [3.05, 3.63) is 65.2 Å². The number of aromatic nitrogens is 1. The van der Waals surface area contributed by atoms with Crippen LogP contribution in [0.5, 0.6) is 0 Å². The highest BCUT2D eigenvalue weighted by Gasteiger charge is 2.37. The Kier molecular flexibility index (Phi) is 2.70. The summed E-state index contributed by atoms with van der Waals surface area (Å²) in [5.74, 6) is 1.80. The number of pyridine rings is 1. The molecule has 0 radical (unpaired) electrons. The van der Waals surface area contributed by atoms with Gasteiger partial charge in [0, 0.05) is 23.1 Å². The number of hydrogen-bond donors (Lipinski definition) is 0. The van der Waals surface area contributed by atoms with Crippen LogP contribution in [0.2, 0.25) is 0 Å². The van der Waals surface area contributed by atoms with Crippen molar-refractivity contribution in [2.24, 2.45) is 13.0 Å². The third kappa shape index (κ3) is 1.89. The number of benzene rings is 2. The summed E-state index contributed by atoms with van der Waals surface area (Å²) in [5.41, 5.74) is 8.56. The van der Waals surface area contributed by atoms with Crippen molar-refractivity contribution in [1.29, 1.82) is 0 Å². The van der Waals surface area contributed by atoms with Gasteiger partial charge >= 0.3 is 0 Å². The molecule has 23 heavy (non-hydrogen) atoms. The number of fused-ring (bicyclic) bond motifs is 1. The average molecular weight is 300 g/mol. The molecule has 2 aromatic carbocycles. The van der Waals surface area contributed by atoms with Gasteiger partial charge in [-0.2, -0.15) is 4.57 Å². The van der Waals surface area contributed by atoms with E-state index in [1.54, 1.807) is 11.1 Å². The molecule has 114 valence electrons. The van der Waals surface area contributed by atoms with E-state index in [2.05, 4.69) is 67.1 Å². The molecule has 1 saturated carbocycles. The van der Waals surface area contributed by atoms with Gasteiger partial charge in [0.15, 0.2) is 0 Å². The summed E-state index contributed by atoms with van der Waals surface area (Å²) < 4.78 is 2.37. The molecule has 0 saturated heterocycles. The van der Waals surface area contributed by atoms with E-state index in [1.807, 2.05) is 0 Å². The van der Waals surface area contributed by atoms with E-state index < -0.39 is 0 Å². The molecule has 1 nitrogen and oxygen atoms in total. The first-order valence-corrected chi connectivity index (χ1v) is 8.72. The van der Waals surface area contributed by atoms with Gasteiger partial charge in [0.1, 0.15) is 7.05 Å². The lowest BCUT2D eigenvalue weighted by molar-refractivity contribution is -0.633. The highest BCUT2D eigenvalue weighted by atomic mass is 14.9. The summed E-state index contributed by atoms with van der Waals surface area (Å²) in [4.78, 5) is 0. The van der Waals surface area contributed by atoms with Crippen LogP contribution in [0.15, 0.2) is 48.5 Å². The zero-order valence-electron chi connectivity index (χ0n) is 13.8. The maximum absolute atomic E-state index is 2.46. The molecule has 1 aromatic heterocycles. The maximum atomic E-state index is 2.46. The summed E-state index contributed by atoms with van der Waals surface area (Å²) in [7, 11) is 2.21. The Morgan fingerprint density at radius 3 is 2.65 bits per heavy atom. The zero-order chi connectivity index (χ0) is 15.6. The molecule has 3 aliphatic rings. The zero-order valence-corrected chi connectivity index (χ0v) is 13.8. The Morgan fingerprint density at radius 1 is 1.00 bits per heavy atom. The molecule has 3 aromatic rings. The highest BCUT2D eigenvalue weighted by molar-refractivity contribution is 5.80. The fraction of sp³-hybridized carbons (Fsp3) is 0.318. The first-order chi connectivity index (χ1) is 11.2. The minimum atomic E-state index is 0.842. The molecule has 0 N–H and O–H groups in total. The first-order valence-electron chi connectivity index (χ1n) is 8.72. The van der Waals surface area contributed by atoms with E-state index in [4.69, 9.17) is 0 Å². The van der Waals surface area contributed by atoms with Crippen LogP contribution in [0.1, 0.15) is 35.4 Å². The maximum Gasteiger partial charge on any atom is 0.213 e. The Morgan fingerprint density at radius 2 is 1.83 bits per heavy atom. The molecular formula is C22H22N+. The Balaban J connectivity index is 1.74. The second kappa shape index (κ2) is 4.67. The van der Waals surface area contributed by atoms with Gasteiger partial charge in [0.25, 0.3) is 0 Å². The summed E-state index contributed by atoms with van der Waals surface area (Å²) in [5, 5.41) is 1.38. The first kappa shape index (κ1) is 13.3. The van der Waals surface area contributed by atoms with Crippen LogP contribution in [-0.4, -0.2) is 0 Å². The largest absolute Gasteiger partial charge is 0.213 e. The number of rotatable bonds is 1. The van der Waals surface area contributed by atoms with Crippen molar-refractivity contribution in [3.8, 4) is 11.3 Å². The average Bonchev–Trinajstić information content (AvgIpc) is 2.53. The SMILES string of the molecule is Cc1ccccc1-c1ccc2cc3c(cc2[n+]1C)CC1CC3C1. The third-order valence-electron chi connectivity index (χ3n) is 6.04. The Bertz CT molecular complexity index is 932. The molecular weight excluding hydrogens is 278 g/mol. The topological polar surface area (TPSA) is 3.88 Å². The molecule has 6 rings (SSSR count). The number of nitrogens with zero attached hydrogens (tertiary/aromatic N) is 1. The van der Waals surface area contributed by atoms with Gasteiger partial charge in [0.05, 0.1) is 0 Å². The van der Waals surface area contributed by atoms with Gasteiger partial charge in [-0.3, -0.25) is 0 Å². The van der Waals surface area contributed by atoms with Crippen LogP contribution in [-0.2, 0) is 13.5 Å². The Labute approximate surface area is 137 Å². The van der Waals surface area contributed by atoms with Crippen LogP contribution in [0.3, 0.4) is 0 Å². The second-order valence-electron chi connectivity index (χ2n) is 7.44. The van der Waals surface area contributed by atoms with E-state index in [1.165, 1.54) is 47.0 Å². The van der Waals surface area contributed by atoms with Gasteiger partial charge < -0.3 is 0 Å². The molecule has 1 fully saturated rings. The molecule has 1 heterocycles. The lowest BCUT2D eigenvalue weighted by Gasteiger charge is -2.42. The van der Waals surface area contributed by atoms with E-state index in [0.717, 1.165) is 11.8 Å². The highest BCUT2D eigenvalue weighted by Crippen LogP contribution is 2.50. The number of aryl methyl sites for hydroxylation is 2. The van der Waals surface area contributed by atoms with Crippen LogP contribution in [0.4, 0.5) is 0 Å². The third-order valence-corrected chi connectivity index (χ3v) is 6.04. The normalized spacial score (nSPS) is 21.8. The predicted molar refractivity (Wildman–Crippen MR) is 94.5 cm³/mol. The van der Waals surface area contributed by atoms with Crippen molar-refractivity contribution in [2.45, 2.75) is 32.1 Å². The standard InChI is InChI=1S/C22H22N/c1-14-5-3-4-6-19(14)21-8-7-16-12-20-17-9-15(10-17)11-18(20)13-22(16)23(21)2/h3-8,12-13,15,17H,9-11H2,1-2H3/q+1. The molecule has 0 aliphatic heterocycles. The van der Waals surface area contributed by atoms with Gasteiger partial charge in [0.2, 0.25) is 11.2 Å². The van der Waals surface area contributed by atoms with Crippen LogP contribution in [0.25, 0.3) is 22.2 Å². The fourth-order valence-corrected chi connectivity index (χ4v) is 4.65. The summed E-state index contributed by atoms with van der Waals surface area (Å²) >= 11 is 0. The van der Waals surface area contributed by atoms with Gasteiger partial charge in [-0.1, -0.05) is 18.2 Å². The minimum Gasteiger partial charge on any atom is -0.194 e. The lowest BCUT2D eigenvalue weighted by Crippen LogP contribution is -2.34. The molecule has 0 unspecified atom stereocenters. The second-order valence-corrected chi connectivity index (χ2v) is 7.44. The van der Waals surface area contributed by atoms with Crippen LogP contribution < -0.4 is 4.57 Å². The fourth-order valence-electron chi connectivity index (χ4n) is 4.65. The molecule has 0 spiro atoms. The van der Waals surface area contributed by atoms with Gasteiger partial charge in [-0.25, -0.2) is 0 Å². The van der Waals surface area contributed by atoms with E-state index in [-0.39, 0.29) is 0 Å². The molecule has 0 atom stereocenters. The monoisotopic (exact) mass is 300 g/mol. The van der Waals surface area contributed by atoms with Gasteiger partial charge in [-0.15, -0.1) is 0 Å². The van der Waals surface area contributed by atoms with Crippen molar-refractivity contribution in [3.63, 3.8) is 0 Å². The quantitative estimate of drug-likeness (QED) is 0.574. The van der Waals surface area contributed by atoms with E-state index in [0.29, 0.717) is 0 Å². The number of hydrogen-bond acceptors (Lipinski definition) is 0. The lowest BCUT2D eigenvalue weighted by atomic mass is 9.62. The van der Waals surface area contributed by atoms with Crippen molar-refractivity contribution in [1.82, 2.24) is 0 Å². The van der Waals surface area contributed by atoms with Crippen molar-refractivity contribution >= 4 is 10.9 Å². The molecule has 1 heteroatoms. The van der Waals surface area contributed by atoms with E-state index in [9.17, 15) is 0 Å². The summed E-state index contributed by atoms with van der Waals surface area (Å²) in [6.07, 6.45) is 4.13. The smallest absolute Gasteiger partial charge is 0.194 e. The predicted octanol–water partition coefficient (Wildman–Crippen LogP) is 4.69. The van der Waals surface area contributed by atoms with Crippen LogP contribution in [0, 0.1) is 12.8 Å². The molecule has 3 aliphatic carbocycles. The molecule has 2 bridgehead atoms. The molecule has 0 amide bonds. The van der Waals surface area contributed by atoms with Crippen molar-refractivity contribution in [2.75, 3.05) is 0 Å². The van der Waals surface area contributed by atoms with E-state index >= 15 is 0 Å². The van der Waals surface area contributed by atoms with Crippen molar-refractivity contribution < 1.29 is 4.57 Å². The minimum absolute atomic E-state index is 0.842. The Hall–Kier alpha value is -2.15. The van der Waals surface area contributed by atoms with Gasteiger partial charge in [-0.05, 0) is 72.9 Å².